The first kappa shape index (κ1) is 36.4. The summed E-state index contributed by atoms with van der Waals surface area (Å²) in [5.74, 6) is 1.83. The molecule has 12 rings (SSSR count). The molecule has 0 radical (unpaired) electrons. The number of hydrogen-bond acceptors (Lipinski definition) is 3. The van der Waals surface area contributed by atoms with Crippen LogP contribution in [0, 0.1) is 0 Å². The first-order chi connectivity index (χ1) is 31.2. The Morgan fingerprint density at radius 3 is 1.25 bits per heavy atom. The maximum Gasteiger partial charge on any atom is 0.164 e. The van der Waals surface area contributed by atoms with Crippen LogP contribution in [0.2, 0.25) is 0 Å². The molecule has 4 heteroatoms. The summed E-state index contributed by atoms with van der Waals surface area (Å²) >= 11 is 0. The molecule has 0 spiro atoms. The summed E-state index contributed by atoms with van der Waals surface area (Å²) < 4.78 is 2.44. The second-order valence-electron chi connectivity index (χ2n) is 16.0. The van der Waals surface area contributed by atoms with Crippen LogP contribution in [0.1, 0.15) is 0 Å². The van der Waals surface area contributed by atoms with E-state index in [1.807, 2.05) is 12.1 Å². The molecule has 0 aliphatic rings. The topological polar surface area (TPSA) is 43.6 Å². The SMILES string of the molecule is c1ccc(-c2ccc(-c3nc(-c4ccc(-c5ccccc5)cc4)nc(-c4cc(-n5c6ccccc6c6ccccc65)c(-c5cccc6ccccc56)c5ccccc45)n3)cc2)cc1. The van der Waals surface area contributed by atoms with E-state index in [1.54, 1.807) is 0 Å². The first-order valence-electron chi connectivity index (χ1n) is 21.4. The minimum absolute atomic E-state index is 0.608. The average Bonchev–Trinajstić information content (AvgIpc) is 3.70. The van der Waals surface area contributed by atoms with Crippen molar-refractivity contribution in [2.24, 2.45) is 0 Å². The molecule has 294 valence electrons. The Morgan fingerprint density at radius 2 is 0.683 bits per heavy atom. The third-order valence-electron chi connectivity index (χ3n) is 12.3. The van der Waals surface area contributed by atoms with Crippen LogP contribution in [0.15, 0.2) is 231 Å². The highest BCUT2D eigenvalue weighted by atomic mass is 15.0. The van der Waals surface area contributed by atoms with Gasteiger partial charge in [0.15, 0.2) is 17.5 Å². The second-order valence-corrected chi connectivity index (χ2v) is 16.0. The van der Waals surface area contributed by atoms with Gasteiger partial charge < -0.3 is 4.57 Å². The molecule has 63 heavy (non-hydrogen) atoms. The number of benzene rings is 10. The molecule has 0 unspecified atom stereocenters. The largest absolute Gasteiger partial charge is 0.309 e. The molecule has 12 aromatic rings. The standard InChI is InChI=1S/C59H38N4/c1-3-16-39(17-4-1)41-30-34-44(35-31-41)57-60-58(45-36-32-42(33-37-45)40-18-5-2-6-19-40)62-59(61-57)52-38-55(63-53-28-13-11-24-48(53)49-25-12-14-29-54(49)63)56(51-26-10-9-23-47(51)52)50-27-15-21-43-20-7-8-22-46(43)50/h1-38H. The molecule has 0 N–H and O–H groups in total. The van der Waals surface area contributed by atoms with Gasteiger partial charge in [0.2, 0.25) is 0 Å². The van der Waals surface area contributed by atoms with Gasteiger partial charge in [-0.05, 0) is 67.6 Å². The van der Waals surface area contributed by atoms with Crippen molar-refractivity contribution in [3.63, 3.8) is 0 Å². The fraction of sp³-hybridized carbons (Fsp3) is 0. The highest BCUT2D eigenvalue weighted by Gasteiger charge is 2.23. The predicted octanol–water partition coefficient (Wildman–Crippen LogP) is 15.3. The lowest BCUT2D eigenvalue weighted by atomic mass is 9.90. The summed E-state index contributed by atoms with van der Waals surface area (Å²) in [5, 5.41) is 6.98. The van der Waals surface area contributed by atoms with E-state index in [2.05, 4.69) is 223 Å². The number of para-hydroxylation sites is 2. The molecular formula is C59H38N4. The molecular weight excluding hydrogens is 765 g/mol. The molecule has 0 bridgehead atoms. The van der Waals surface area contributed by atoms with Gasteiger partial charge in [-0.3, -0.25) is 0 Å². The van der Waals surface area contributed by atoms with E-state index in [0.29, 0.717) is 17.5 Å². The fourth-order valence-corrected chi connectivity index (χ4v) is 9.27. The first-order valence-corrected chi connectivity index (χ1v) is 21.4. The van der Waals surface area contributed by atoms with Crippen LogP contribution in [0.4, 0.5) is 0 Å². The summed E-state index contributed by atoms with van der Waals surface area (Å²) in [7, 11) is 0. The summed E-state index contributed by atoms with van der Waals surface area (Å²) in [5.41, 5.74) is 13.0. The summed E-state index contributed by atoms with van der Waals surface area (Å²) in [6.07, 6.45) is 0. The van der Waals surface area contributed by atoms with Crippen molar-refractivity contribution in [2.75, 3.05) is 0 Å². The molecule has 0 atom stereocenters. The fourth-order valence-electron chi connectivity index (χ4n) is 9.27. The lowest BCUT2D eigenvalue weighted by Crippen LogP contribution is -2.04. The Morgan fingerprint density at radius 1 is 0.270 bits per heavy atom. The van der Waals surface area contributed by atoms with Crippen molar-refractivity contribution in [3.05, 3.63) is 231 Å². The van der Waals surface area contributed by atoms with Crippen LogP contribution < -0.4 is 0 Å². The number of hydrogen-bond donors (Lipinski definition) is 0. The van der Waals surface area contributed by atoms with Crippen molar-refractivity contribution < 1.29 is 0 Å². The lowest BCUT2D eigenvalue weighted by Gasteiger charge is -2.21. The highest BCUT2D eigenvalue weighted by Crippen LogP contribution is 2.45. The highest BCUT2D eigenvalue weighted by molar-refractivity contribution is 6.15. The van der Waals surface area contributed by atoms with E-state index >= 15 is 0 Å². The molecule has 4 nitrogen and oxygen atoms in total. The number of rotatable bonds is 7. The van der Waals surface area contributed by atoms with Gasteiger partial charge in [0.25, 0.3) is 0 Å². The van der Waals surface area contributed by atoms with Gasteiger partial charge in [0, 0.05) is 33.0 Å². The van der Waals surface area contributed by atoms with Gasteiger partial charge >= 0.3 is 0 Å². The van der Waals surface area contributed by atoms with Crippen molar-refractivity contribution >= 4 is 43.4 Å². The van der Waals surface area contributed by atoms with Crippen LogP contribution >= 0.6 is 0 Å². The van der Waals surface area contributed by atoms with Crippen LogP contribution in [-0.4, -0.2) is 19.5 Å². The monoisotopic (exact) mass is 802 g/mol. The van der Waals surface area contributed by atoms with Gasteiger partial charge in [-0.2, -0.15) is 0 Å². The second kappa shape index (κ2) is 15.2. The number of aromatic nitrogens is 4. The Balaban J connectivity index is 1.14. The molecule has 2 aromatic heterocycles. The van der Waals surface area contributed by atoms with Crippen molar-refractivity contribution in [2.45, 2.75) is 0 Å². The van der Waals surface area contributed by atoms with E-state index in [0.717, 1.165) is 72.0 Å². The molecule has 0 saturated heterocycles. The predicted molar refractivity (Wildman–Crippen MR) is 262 cm³/mol. The molecule has 0 saturated carbocycles. The minimum Gasteiger partial charge on any atom is -0.309 e. The van der Waals surface area contributed by atoms with Gasteiger partial charge in [-0.15, -0.1) is 0 Å². The zero-order chi connectivity index (χ0) is 41.7. The maximum absolute atomic E-state index is 5.39. The van der Waals surface area contributed by atoms with Gasteiger partial charge in [-0.25, -0.2) is 15.0 Å². The Bertz CT molecular complexity index is 3490. The third-order valence-corrected chi connectivity index (χ3v) is 12.3. The maximum atomic E-state index is 5.39. The van der Waals surface area contributed by atoms with Crippen LogP contribution in [0.25, 0.3) is 117 Å². The normalized spacial score (nSPS) is 11.5. The molecule has 0 aliphatic carbocycles. The third kappa shape index (κ3) is 6.36. The van der Waals surface area contributed by atoms with E-state index in [9.17, 15) is 0 Å². The van der Waals surface area contributed by atoms with Crippen molar-refractivity contribution in [3.8, 4) is 73.2 Å². The quantitative estimate of drug-likeness (QED) is 0.161. The number of nitrogens with zero attached hydrogens (tertiary/aromatic N) is 4. The molecule has 2 heterocycles. The zero-order valence-electron chi connectivity index (χ0n) is 34.2. The number of fused-ring (bicyclic) bond motifs is 5. The van der Waals surface area contributed by atoms with Crippen LogP contribution in [0.5, 0.6) is 0 Å². The van der Waals surface area contributed by atoms with E-state index in [4.69, 9.17) is 15.0 Å². The minimum atomic E-state index is 0.608. The van der Waals surface area contributed by atoms with E-state index < -0.39 is 0 Å². The average molecular weight is 803 g/mol. The Hall–Kier alpha value is -8.47. The lowest BCUT2D eigenvalue weighted by molar-refractivity contribution is 1.07. The van der Waals surface area contributed by atoms with E-state index in [1.165, 1.54) is 27.1 Å². The van der Waals surface area contributed by atoms with Gasteiger partial charge in [0.1, 0.15) is 0 Å². The van der Waals surface area contributed by atoms with Gasteiger partial charge in [-0.1, -0.05) is 212 Å². The Kier molecular flexibility index (Phi) is 8.79. The van der Waals surface area contributed by atoms with E-state index in [-0.39, 0.29) is 0 Å². The molecule has 10 aromatic carbocycles. The summed E-state index contributed by atoms with van der Waals surface area (Å²) in [4.78, 5) is 16.0. The molecule has 0 amide bonds. The summed E-state index contributed by atoms with van der Waals surface area (Å²) in [6.45, 7) is 0. The summed E-state index contributed by atoms with van der Waals surface area (Å²) in [6, 6.07) is 81.8. The molecule has 0 aliphatic heterocycles. The van der Waals surface area contributed by atoms with Crippen LogP contribution in [-0.2, 0) is 0 Å². The Labute approximate surface area is 365 Å². The molecule has 0 fully saturated rings. The smallest absolute Gasteiger partial charge is 0.164 e. The van der Waals surface area contributed by atoms with Crippen LogP contribution in [0.3, 0.4) is 0 Å². The van der Waals surface area contributed by atoms with Crippen molar-refractivity contribution in [1.82, 2.24) is 19.5 Å². The van der Waals surface area contributed by atoms with Crippen molar-refractivity contribution in [1.29, 1.82) is 0 Å². The zero-order valence-corrected chi connectivity index (χ0v) is 34.2. The van der Waals surface area contributed by atoms with Gasteiger partial charge in [0.05, 0.1) is 16.7 Å².